The average molecular weight is 300 g/mol. The van der Waals surface area contributed by atoms with E-state index in [9.17, 15) is 0 Å². The minimum Gasteiger partial charge on any atom is -0.362 e. The fourth-order valence-electron chi connectivity index (χ4n) is 1.65. The van der Waals surface area contributed by atoms with E-state index in [1.165, 1.54) is 32.4 Å². The van der Waals surface area contributed by atoms with Gasteiger partial charge >= 0.3 is 0 Å². The molecular formula is C14H22BrNO. The van der Waals surface area contributed by atoms with E-state index in [2.05, 4.69) is 21.2 Å². The van der Waals surface area contributed by atoms with Crippen LogP contribution in [0.3, 0.4) is 0 Å². The maximum atomic E-state index is 5.34. The minimum atomic E-state index is 0.0358. The van der Waals surface area contributed by atoms with Gasteiger partial charge < -0.3 is 10.1 Å². The molecule has 3 heteroatoms. The second-order valence-corrected chi connectivity index (χ2v) is 4.82. The first kappa shape index (κ1) is 14.7. The lowest BCUT2D eigenvalue weighted by Gasteiger charge is -2.08. The Labute approximate surface area is 113 Å². The highest BCUT2D eigenvalue weighted by atomic mass is 79.9. The van der Waals surface area contributed by atoms with Crippen LogP contribution in [-0.2, 0) is 4.74 Å². The number of ether oxygens (including phenoxy) is 1. The highest BCUT2D eigenvalue weighted by molar-refractivity contribution is 9.09. The number of nitrogens with one attached hydrogen (secondary N) is 1. The first-order valence-electron chi connectivity index (χ1n) is 6.36. The summed E-state index contributed by atoms with van der Waals surface area (Å²) < 4.78 is 5.34. The van der Waals surface area contributed by atoms with E-state index in [1.54, 1.807) is 0 Å². The zero-order valence-corrected chi connectivity index (χ0v) is 12.1. The molecule has 1 aliphatic heterocycles. The molecule has 0 bridgehead atoms. The number of halogens is 1. The topological polar surface area (TPSA) is 21.3 Å². The quantitative estimate of drug-likeness (QED) is 0.855. The molecule has 0 saturated carbocycles. The van der Waals surface area contributed by atoms with Gasteiger partial charge in [0.05, 0.1) is 0 Å². The number of piperidine rings is 1. The lowest BCUT2D eigenvalue weighted by atomic mass is 10.2. The summed E-state index contributed by atoms with van der Waals surface area (Å²) >= 11 is 3.42. The maximum Gasteiger partial charge on any atom is 0.137 e. The lowest BCUT2D eigenvalue weighted by Crippen LogP contribution is -2.21. The van der Waals surface area contributed by atoms with Crippen molar-refractivity contribution in [3.05, 3.63) is 35.9 Å². The molecule has 17 heavy (non-hydrogen) atoms. The van der Waals surface area contributed by atoms with Gasteiger partial charge in [0.25, 0.3) is 0 Å². The van der Waals surface area contributed by atoms with Crippen LogP contribution in [0.15, 0.2) is 30.3 Å². The van der Waals surface area contributed by atoms with Crippen LogP contribution in [0.2, 0.25) is 0 Å². The summed E-state index contributed by atoms with van der Waals surface area (Å²) in [7, 11) is 0. The molecule has 0 amide bonds. The Morgan fingerprint density at radius 2 is 1.82 bits per heavy atom. The first-order valence-corrected chi connectivity index (χ1v) is 7.27. The van der Waals surface area contributed by atoms with Crippen molar-refractivity contribution >= 4 is 15.9 Å². The predicted molar refractivity (Wildman–Crippen MR) is 76.5 cm³/mol. The molecule has 0 spiro atoms. The molecule has 1 unspecified atom stereocenters. The van der Waals surface area contributed by atoms with E-state index in [0.717, 1.165) is 12.2 Å². The van der Waals surface area contributed by atoms with E-state index in [0.29, 0.717) is 0 Å². The lowest BCUT2D eigenvalue weighted by molar-refractivity contribution is 0.131. The van der Waals surface area contributed by atoms with E-state index in [1.807, 2.05) is 37.3 Å². The van der Waals surface area contributed by atoms with Crippen LogP contribution in [0.1, 0.15) is 36.8 Å². The van der Waals surface area contributed by atoms with E-state index in [4.69, 9.17) is 4.74 Å². The van der Waals surface area contributed by atoms with Gasteiger partial charge in [0.1, 0.15) is 5.01 Å². The maximum absolute atomic E-state index is 5.34. The number of hydrogen-bond donors (Lipinski definition) is 1. The largest absolute Gasteiger partial charge is 0.362 e. The highest BCUT2D eigenvalue weighted by Crippen LogP contribution is 2.22. The fourth-order valence-corrected chi connectivity index (χ4v) is 2.22. The zero-order chi connectivity index (χ0) is 12.3. The molecule has 1 heterocycles. The third-order valence-corrected chi connectivity index (χ3v) is 3.37. The van der Waals surface area contributed by atoms with Gasteiger partial charge in [-0.3, -0.25) is 0 Å². The molecule has 0 aromatic heterocycles. The Kier molecular flexibility index (Phi) is 8.32. The van der Waals surface area contributed by atoms with Crippen LogP contribution < -0.4 is 5.32 Å². The van der Waals surface area contributed by atoms with Crippen molar-refractivity contribution in [3.63, 3.8) is 0 Å². The van der Waals surface area contributed by atoms with Gasteiger partial charge in [0.15, 0.2) is 0 Å². The molecule has 1 aromatic carbocycles. The Morgan fingerprint density at radius 1 is 1.18 bits per heavy atom. The van der Waals surface area contributed by atoms with Crippen molar-refractivity contribution in [1.29, 1.82) is 0 Å². The van der Waals surface area contributed by atoms with Gasteiger partial charge in [-0.25, -0.2) is 0 Å². The van der Waals surface area contributed by atoms with Crippen molar-refractivity contribution in [2.75, 3.05) is 19.7 Å². The van der Waals surface area contributed by atoms with Gasteiger partial charge in [0, 0.05) is 6.61 Å². The van der Waals surface area contributed by atoms with Gasteiger partial charge in [0.2, 0.25) is 0 Å². The summed E-state index contributed by atoms with van der Waals surface area (Å²) in [6.45, 7) is 5.21. The molecule has 96 valence electrons. The number of hydrogen-bond acceptors (Lipinski definition) is 2. The van der Waals surface area contributed by atoms with E-state index < -0.39 is 0 Å². The molecule has 2 nitrogen and oxygen atoms in total. The number of rotatable bonds is 3. The summed E-state index contributed by atoms with van der Waals surface area (Å²) in [6, 6.07) is 10.1. The average Bonchev–Trinajstić information content (AvgIpc) is 2.43. The SMILES string of the molecule is C1CCNCC1.CCOC(Br)c1ccccc1. The third-order valence-electron chi connectivity index (χ3n) is 2.58. The Morgan fingerprint density at radius 3 is 2.24 bits per heavy atom. The smallest absolute Gasteiger partial charge is 0.137 e. The number of benzene rings is 1. The minimum absolute atomic E-state index is 0.0358. The van der Waals surface area contributed by atoms with Crippen molar-refractivity contribution in [3.8, 4) is 0 Å². The van der Waals surface area contributed by atoms with Crippen LogP contribution in [0.5, 0.6) is 0 Å². The summed E-state index contributed by atoms with van der Waals surface area (Å²) in [6.07, 6.45) is 4.22. The fraction of sp³-hybridized carbons (Fsp3) is 0.571. The van der Waals surface area contributed by atoms with Crippen LogP contribution in [0, 0.1) is 0 Å². The Balaban J connectivity index is 0.000000202. The van der Waals surface area contributed by atoms with Crippen molar-refractivity contribution < 1.29 is 4.74 Å². The summed E-state index contributed by atoms with van der Waals surface area (Å²) in [5.74, 6) is 0. The Hall–Kier alpha value is -0.380. The Bertz CT molecular complexity index is 263. The van der Waals surface area contributed by atoms with Gasteiger partial charge in [-0.15, -0.1) is 0 Å². The zero-order valence-electron chi connectivity index (χ0n) is 10.5. The van der Waals surface area contributed by atoms with Crippen molar-refractivity contribution in [2.45, 2.75) is 31.2 Å². The summed E-state index contributed by atoms with van der Waals surface area (Å²) in [4.78, 5) is 0. The second-order valence-electron chi connectivity index (χ2n) is 3.99. The number of alkyl halides is 1. The van der Waals surface area contributed by atoms with E-state index >= 15 is 0 Å². The van der Waals surface area contributed by atoms with Gasteiger partial charge in [-0.2, -0.15) is 0 Å². The van der Waals surface area contributed by atoms with Crippen LogP contribution >= 0.6 is 15.9 Å². The van der Waals surface area contributed by atoms with Gasteiger partial charge in [-0.05, 0) is 38.4 Å². The third kappa shape index (κ3) is 6.81. The van der Waals surface area contributed by atoms with E-state index in [-0.39, 0.29) is 5.01 Å². The second kappa shape index (κ2) is 9.63. The monoisotopic (exact) mass is 299 g/mol. The molecule has 1 fully saturated rings. The van der Waals surface area contributed by atoms with Gasteiger partial charge in [-0.1, -0.05) is 52.7 Å². The highest BCUT2D eigenvalue weighted by Gasteiger charge is 2.03. The molecular weight excluding hydrogens is 278 g/mol. The van der Waals surface area contributed by atoms with Crippen LogP contribution in [0.25, 0.3) is 0 Å². The molecule has 1 aromatic rings. The standard InChI is InChI=1S/C9H11BrO.C5H11N/c1-2-11-9(10)8-6-4-3-5-7-8;1-2-4-6-5-3-1/h3-7,9H,2H2,1H3;6H,1-5H2. The first-order chi connectivity index (χ1) is 8.34. The van der Waals surface area contributed by atoms with Crippen LogP contribution in [0.4, 0.5) is 0 Å². The molecule has 1 N–H and O–H groups in total. The van der Waals surface area contributed by atoms with Crippen molar-refractivity contribution in [2.24, 2.45) is 0 Å². The normalized spacial score (nSPS) is 16.8. The molecule has 1 saturated heterocycles. The molecule has 1 atom stereocenters. The van der Waals surface area contributed by atoms with Crippen molar-refractivity contribution in [1.82, 2.24) is 5.32 Å². The van der Waals surface area contributed by atoms with Crippen LogP contribution in [-0.4, -0.2) is 19.7 Å². The molecule has 2 rings (SSSR count). The predicted octanol–water partition coefficient (Wildman–Crippen LogP) is 3.88. The molecule has 0 radical (unpaired) electrons. The molecule has 1 aliphatic rings. The summed E-state index contributed by atoms with van der Waals surface area (Å²) in [5, 5.41) is 3.32. The molecule has 0 aliphatic carbocycles. The summed E-state index contributed by atoms with van der Waals surface area (Å²) in [5.41, 5.74) is 1.16.